The van der Waals surface area contributed by atoms with Crippen LogP contribution in [0.1, 0.15) is 208 Å². The Morgan fingerprint density at radius 1 is 0.566 bits per heavy atom. The van der Waals surface area contributed by atoms with Gasteiger partial charge in [-0.3, -0.25) is 33.9 Å². The van der Waals surface area contributed by atoms with Crippen molar-refractivity contribution in [1.82, 2.24) is 29.6 Å². The standard InChI is InChI=1S/C31H46ClN5O5S.C25H25ClN2O4.C25H29N3O5.C20H23Cl2NO3.C2H6/c1-5-6-7-8-9-10-11-12-13-26(42-25-16-14-24(15-17-25)36-18-20-43(39,40)21-19-36)29(38)41-22-31(3,4)30-34-33-28-27(32)23(2)35-37(28)30;1-4-22(32-23-11-10-15(2)12-16(23)3)25(31)27-19-14-21(29)20(13-18(19)26)28-24(30)17-8-6-5-7-9-17;1-16-11-12-19(33-5)18(13-16)26-23(31)21(22(30)25(2,3)4)28-20(29)15-27(24(28)32)14-17-9-7-6-8-10-17;1-5-13-14(21)10-15(19(24)18(13)22)23-20(25)16(6-2)26-17-9-11(3)7-8-12(17)4;1-2/h14-17,26,35H,5-13,18-22H2,1-4H3;5-14,22,29H,4H2,1-3H3,(H,27,31)(H,28,30);6-13,21H,14-15H2,1-5H3,(H,26,31);7-10,16,24H,5-6H2,1-4H3,(H,23,25);1-2H3. The van der Waals surface area contributed by atoms with E-state index >= 15 is 0 Å². The number of imide groups is 1. The van der Waals surface area contributed by atoms with Gasteiger partial charge >= 0.3 is 12.0 Å². The van der Waals surface area contributed by atoms with Crippen molar-refractivity contribution in [2.45, 2.75) is 231 Å². The second-order valence-corrected chi connectivity index (χ2v) is 38.8. The van der Waals surface area contributed by atoms with Crippen LogP contribution < -0.4 is 45.1 Å². The van der Waals surface area contributed by atoms with Crippen LogP contribution in [0.3, 0.4) is 0 Å². The molecule has 0 bridgehead atoms. The predicted octanol–water partition coefficient (Wildman–Crippen LogP) is 21.9. The fourth-order valence-electron chi connectivity index (χ4n) is 14.7. The number of H-pyrrole nitrogens is 1. The SMILES string of the molecule is CC.CCC(Oc1ccc(C)cc1C)C(=O)Nc1cc(O)c(NC(=O)c2ccccc2)cc1Cl.CCCCCCCCCCC(Oc1ccc(N2CCS(=O)(=O)CC2)cc1)C(=O)OCC(C)(C)c1nnc2c(Cl)c(C)[nH]n12.CCc1c(Cl)cc(NC(=O)C(CC)Oc2cc(C)ccc2C)c(O)c1Cl.COc1ccc(C)cc1NC(=O)C(C(=O)C(C)(C)C)N1C(=O)CN(Cc2ccccc2)C1=O. The number of nitrogens with zero attached hydrogens (tertiary/aromatic N) is 6. The van der Waals surface area contributed by atoms with Gasteiger partial charge < -0.3 is 65.0 Å². The first-order valence-electron chi connectivity index (χ1n) is 45.9. The minimum atomic E-state index is -2.95. The molecule has 2 aromatic heterocycles. The van der Waals surface area contributed by atoms with E-state index in [2.05, 4.69) is 48.4 Å². The highest BCUT2D eigenvalue weighted by Crippen LogP contribution is 2.41. The molecule has 2 saturated heterocycles. The van der Waals surface area contributed by atoms with Crippen molar-refractivity contribution in [3.63, 3.8) is 0 Å². The maximum Gasteiger partial charge on any atom is 0.347 e. The Balaban J connectivity index is 0.000000225. The van der Waals surface area contributed by atoms with Crippen molar-refractivity contribution in [3.05, 3.63) is 234 Å². The Kier molecular flexibility index (Phi) is 41.3. The number of halogens is 4. The molecule has 33 heteroatoms. The molecule has 4 atom stereocenters. The summed E-state index contributed by atoms with van der Waals surface area (Å²) in [5, 5.41) is 44.2. The molecule has 0 spiro atoms. The van der Waals surface area contributed by atoms with Crippen molar-refractivity contribution in [2.24, 2.45) is 5.41 Å². The maximum atomic E-state index is 13.4. The van der Waals surface area contributed by atoms with Crippen LogP contribution in [0.15, 0.2) is 158 Å². The maximum absolute atomic E-state index is 13.4. The summed E-state index contributed by atoms with van der Waals surface area (Å²) in [6, 6.07) is 44.0. The number of nitrogens with one attached hydrogen (secondary N) is 5. The van der Waals surface area contributed by atoms with E-state index in [0.717, 1.165) is 68.9 Å². The molecule has 2 aliphatic heterocycles. The Morgan fingerprint density at radius 2 is 1.12 bits per heavy atom. The highest BCUT2D eigenvalue weighted by atomic mass is 35.5. The average molecular weight is 1970 g/mol. The van der Waals surface area contributed by atoms with E-state index in [-0.39, 0.29) is 81.6 Å². The van der Waals surface area contributed by atoms with Gasteiger partial charge in [0, 0.05) is 47.4 Å². The number of aromatic amines is 1. The molecule has 4 unspecified atom stereocenters. The van der Waals surface area contributed by atoms with E-state index in [1.807, 2.05) is 187 Å². The molecule has 10 aromatic rings. The van der Waals surface area contributed by atoms with Gasteiger partial charge in [0.2, 0.25) is 0 Å². The molecule has 0 saturated carbocycles. The van der Waals surface area contributed by atoms with Gasteiger partial charge in [0.05, 0.1) is 62.5 Å². The molecule has 2 aliphatic rings. The first-order valence-corrected chi connectivity index (χ1v) is 49.2. The fraction of sp³-hybridized carbons (Fsp3) is 0.417. The number of urea groups is 1. The molecule has 4 heterocycles. The third-order valence-corrected chi connectivity index (χ3v) is 25.6. The number of ketones is 1. The molecule has 7 N–H and O–H groups in total. The number of unbranched alkanes of at least 4 members (excludes halogenated alkanes) is 7. The van der Waals surface area contributed by atoms with Crippen LogP contribution in [-0.2, 0) is 61.7 Å². The number of benzene rings is 8. The zero-order valence-electron chi connectivity index (χ0n) is 80.9. The highest BCUT2D eigenvalue weighted by Gasteiger charge is 2.49. The monoisotopic (exact) mass is 1960 g/mol. The zero-order chi connectivity index (χ0) is 100. The predicted molar refractivity (Wildman–Crippen MR) is 539 cm³/mol. The van der Waals surface area contributed by atoms with Gasteiger partial charge in [0.15, 0.2) is 57.2 Å². The summed E-state index contributed by atoms with van der Waals surface area (Å²) >= 11 is 25.0. The van der Waals surface area contributed by atoms with Crippen molar-refractivity contribution >= 4 is 138 Å². The third-order valence-electron chi connectivity index (χ3n) is 22.5. The van der Waals surface area contributed by atoms with Crippen molar-refractivity contribution < 1.29 is 80.7 Å². The number of rotatable bonds is 36. The molecule has 0 aliphatic carbocycles. The van der Waals surface area contributed by atoms with E-state index < -0.39 is 80.5 Å². The Hall–Kier alpha value is -11.9. The molecule has 0 radical (unpaired) electrons. The number of amides is 7. The van der Waals surface area contributed by atoms with Crippen molar-refractivity contribution in [3.8, 4) is 34.5 Å². The van der Waals surface area contributed by atoms with Gasteiger partial charge in [-0.25, -0.2) is 27.4 Å². The highest BCUT2D eigenvalue weighted by molar-refractivity contribution is 7.91. The van der Waals surface area contributed by atoms with Gasteiger partial charge in [0.1, 0.15) is 46.9 Å². The summed E-state index contributed by atoms with van der Waals surface area (Å²) in [4.78, 5) is 108. The summed E-state index contributed by atoms with van der Waals surface area (Å²) in [6.45, 7) is 33.2. The smallest absolute Gasteiger partial charge is 0.347 e. The normalized spacial score (nSPS) is 13.7. The average Bonchev–Trinajstić information content (AvgIpc) is 1.61. The minimum absolute atomic E-state index is 0.0937. The van der Waals surface area contributed by atoms with Gasteiger partial charge in [-0.1, -0.05) is 238 Å². The summed E-state index contributed by atoms with van der Waals surface area (Å²) < 4.78 is 54.5. The summed E-state index contributed by atoms with van der Waals surface area (Å²) in [5.41, 5.74) is 8.37. The zero-order valence-corrected chi connectivity index (χ0v) is 84.7. The first kappa shape index (κ1) is 109. The fourth-order valence-corrected chi connectivity index (χ4v) is 17.0. The lowest BCUT2D eigenvalue weighted by atomic mass is 9.85. The molecule has 732 valence electrons. The van der Waals surface area contributed by atoms with Crippen LogP contribution in [0.5, 0.6) is 34.5 Å². The van der Waals surface area contributed by atoms with Crippen LogP contribution in [0.4, 0.5) is 33.2 Å². The third kappa shape index (κ3) is 30.6. The number of fused-ring (bicyclic) bond motifs is 1. The van der Waals surface area contributed by atoms with E-state index in [4.69, 9.17) is 70.1 Å². The number of hydrogen-bond acceptors (Lipinski definition) is 20. The number of ether oxygens (including phenoxy) is 5. The number of esters is 1. The number of phenols is 2. The van der Waals surface area contributed by atoms with Crippen LogP contribution in [-0.4, -0.2) is 165 Å². The number of sulfone groups is 1. The Morgan fingerprint density at radius 3 is 1.72 bits per heavy atom. The molecule has 136 heavy (non-hydrogen) atoms. The topological polar surface area (TPSA) is 361 Å². The van der Waals surface area contributed by atoms with E-state index in [1.54, 1.807) is 67.8 Å². The van der Waals surface area contributed by atoms with Crippen LogP contribution >= 0.6 is 46.4 Å². The number of aromatic hydroxyl groups is 2. The molecule has 2 fully saturated rings. The number of hydrogen-bond donors (Lipinski definition) is 7. The largest absolute Gasteiger partial charge is 0.506 e. The van der Waals surface area contributed by atoms with Crippen LogP contribution in [0.25, 0.3) is 5.65 Å². The van der Waals surface area contributed by atoms with Gasteiger partial charge in [0.25, 0.3) is 29.5 Å². The lowest BCUT2D eigenvalue weighted by Gasteiger charge is -2.29. The van der Waals surface area contributed by atoms with E-state index in [9.17, 15) is 57.0 Å². The number of carbonyl (C=O) groups excluding carboxylic acids is 8. The second-order valence-electron chi connectivity index (χ2n) is 34.9. The Bertz CT molecular complexity index is 5880. The summed E-state index contributed by atoms with van der Waals surface area (Å²) in [5.74, 6) is -0.673. The number of aromatic nitrogens is 4. The summed E-state index contributed by atoms with van der Waals surface area (Å²) in [7, 11) is -1.49. The molecule has 7 amide bonds. The summed E-state index contributed by atoms with van der Waals surface area (Å²) in [6.07, 6.45) is 9.13. The Labute approximate surface area is 818 Å². The van der Waals surface area contributed by atoms with Crippen molar-refractivity contribution in [1.29, 1.82) is 0 Å². The molecule has 12 rings (SSSR count). The van der Waals surface area contributed by atoms with Crippen molar-refractivity contribution in [2.75, 3.05) is 71.0 Å². The molecular formula is C103H129Cl4N11O17S. The molecular weight excluding hydrogens is 1840 g/mol. The van der Waals surface area contributed by atoms with E-state index in [1.165, 1.54) is 62.3 Å². The number of phenolic OH excluding ortho intramolecular Hbond substituents is 2. The first-order chi connectivity index (χ1) is 64.6. The number of carbonyl (C=O) groups is 8. The van der Waals surface area contributed by atoms with Crippen LogP contribution in [0.2, 0.25) is 20.1 Å². The molecule has 8 aromatic carbocycles. The number of aryl methyl sites for hydroxylation is 6. The van der Waals surface area contributed by atoms with Gasteiger partial charge in [-0.2, -0.15) is 0 Å². The van der Waals surface area contributed by atoms with Gasteiger partial charge in [-0.05, 0) is 194 Å². The van der Waals surface area contributed by atoms with Gasteiger partial charge in [-0.15, -0.1) is 10.2 Å². The molecule has 28 nitrogen and oxygen atoms in total. The van der Waals surface area contributed by atoms with Crippen LogP contribution in [0, 0.1) is 47.0 Å². The lowest BCUT2D eigenvalue weighted by Crippen LogP contribution is -2.55. The number of Topliss-reactive ketones (excluding diaryl/α,β-unsaturated/α-hetero) is 1. The van der Waals surface area contributed by atoms with E-state index in [0.29, 0.717) is 100 Å². The lowest BCUT2D eigenvalue weighted by molar-refractivity contribution is -0.154. The number of methoxy groups -OCH3 is 1. The quantitative estimate of drug-likeness (QED) is 0.00630. The second kappa shape index (κ2) is 51.3. The number of anilines is 5. The minimum Gasteiger partial charge on any atom is -0.506 e.